The molecule has 0 saturated carbocycles. The standard InChI is InChI=1S/2C6H5.C5H5.C4H10N.C4H9.C2H7Si.Ti/c2*1-2-4-6-5-3-1;1-2-4-5-3-1;1-4(2,3)5;1-4(2)3;1-3-2;/h2*1-5H;1-3H,4H2;5H,1-3H3;1-3H3;3H,1-2H3;/q5*-1;;. The van der Waals surface area contributed by atoms with E-state index in [0.29, 0.717) is 0 Å². The van der Waals surface area contributed by atoms with E-state index in [2.05, 4.69) is 58.2 Å². The summed E-state index contributed by atoms with van der Waals surface area (Å²) in [5.41, 5.74) is 6.69. The summed E-state index contributed by atoms with van der Waals surface area (Å²) >= 11 is 0. The predicted octanol–water partition coefficient (Wildman–Crippen LogP) is 8.25. The molecule has 0 amide bonds. The summed E-state index contributed by atoms with van der Waals surface area (Å²) in [7, 11) is 0.750. The number of benzene rings is 2. The van der Waals surface area contributed by atoms with E-state index in [4.69, 9.17) is 5.73 Å². The van der Waals surface area contributed by atoms with Crippen LogP contribution in [0.5, 0.6) is 0 Å². The zero-order valence-corrected chi connectivity index (χ0v) is 23.0. The van der Waals surface area contributed by atoms with E-state index >= 15 is 0 Å². The van der Waals surface area contributed by atoms with Crippen molar-refractivity contribution in [1.82, 2.24) is 0 Å². The van der Waals surface area contributed by atoms with Gasteiger partial charge in [0.25, 0.3) is 0 Å². The molecule has 0 unspecified atom stereocenters. The van der Waals surface area contributed by atoms with E-state index in [0.717, 1.165) is 15.9 Å². The maximum absolute atomic E-state index is 6.94. The quantitative estimate of drug-likeness (QED) is 0.282. The molecular formula is C27H41NSiTi-5. The summed E-state index contributed by atoms with van der Waals surface area (Å²) in [5, 5.41) is 0. The molecular weight excluding hydrogens is 414 g/mol. The predicted molar refractivity (Wildman–Crippen MR) is 135 cm³/mol. The largest absolute Gasteiger partial charge is 0.673 e. The first-order valence-corrected chi connectivity index (χ1v) is 12.3. The molecule has 0 heterocycles. The topological polar surface area (TPSA) is 23.8 Å². The van der Waals surface area contributed by atoms with Crippen LogP contribution >= 0.6 is 0 Å². The summed E-state index contributed by atoms with van der Waals surface area (Å²) in [6.07, 6.45) is 10.0. The number of allylic oxidation sites excluding steroid dienone is 4. The molecule has 167 valence electrons. The van der Waals surface area contributed by atoms with Crippen molar-refractivity contribution in [2.45, 2.75) is 66.6 Å². The second-order valence-electron chi connectivity index (χ2n) is 7.49. The van der Waals surface area contributed by atoms with Gasteiger partial charge in [-0.05, 0) is 0 Å². The third-order valence-electron chi connectivity index (χ3n) is 1.80. The number of rotatable bonds is 0. The van der Waals surface area contributed by atoms with Gasteiger partial charge in [0.15, 0.2) is 0 Å². The number of hydrogen-bond acceptors (Lipinski definition) is 0. The average molecular weight is 456 g/mol. The molecule has 30 heavy (non-hydrogen) atoms. The molecule has 0 bridgehead atoms. The van der Waals surface area contributed by atoms with E-state index in [1.54, 1.807) is 0 Å². The van der Waals surface area contributed by atoms with Gasteiger partial charge in [-0.25, -0.2) is 12.2 Å². The molecule has 1 nitrogen and oxygen atoms in total. The van der Waals surface area contributed by atoms with Gasteiger partial charge in [-0.15, -0.1) is 12.0 Å². The van der Waals surface area contributed by atoms with Crippen molar-refractivity contribution in [2.75, 3.05) is 0 Å². The second-order valence-corrected chi connectivity index (χ2v) is 8.64. The Morgan fingerprint density at radius 3 is 1.17 bits per heavy atom. The Hall–Kier alpha value is -1.19. The smallest absolute Gasteiger partial charge is 0.0213 e. The molecule has 0 aromatic heterocycles. The van der Waals surface area contributed by atoms with Crippen molar-refractivity contribution in [1.29, 1.82) is 0 Å². The molecule has 3 rings (SSSR count). The van der Waals surface area contributed by atoms with Crippen LogP contribution in [0, 0.1) is 24.1 Å². The number of nitrogens with one attached hydrogen (secondary N) is 1. The molecule has 0 atom stereocenters. The first-order chi connectivity index (χ1) is 13.6. The third kappa shape index (κ3) is 71.5. The van der Waals surface area contributed by atoms with Gasteiger partial charge < -0.3 is 11.7 Å². The molecule has 1 aliphatic carbocycles. The van der Waals surface area contributed by atoms with E-state index in [1.165, 1.54) is 5.92 Å². The molecule has 0 fully saturated rings. The van der Waals surface area contributed by atoms with Crippen LogP contribution in [0.2, 0.25) is 13.1 Å². The maximum atomic E-state index is 6.94. The monoisotopic (exact) mass is 455 g/mol. The van der Waals surface area contributed by atoms with E-state index in [-0.39, 0.29) is 27.3 Å². The van der Waals surface area contributed by atoms with Gasteiger partial charge in [0.2, 0.25) is 0 Å². The Morgan fingerprint density at radius 1 is 0.800 bits per heavy atom. The molecule has 2 aromatic rings. The molecule has 0 saturated heterocycles. The van der Waals surface area contributed by atoms with Crippen LogP contribution in [0.4, 0.5) is 0 Å². The Labute approximate surface area is 206 Å². The Kier molecular flexibility index (Phi) is 36.2. The fraction of sp³-hybridized carbons (Fsp3) is 0.370. The van der Waals surface area contributed by atoms with Crippen LogP contribution in [0.3, 0.4) is 0 Å². The Balaban J connectivity index is -0.000000136. The van der Waals surface area contributed by atoms with Crippen molar-refractivity contribution in [3.8, 4) is 0 Å². The van der Waals surface area contributed by atoms with Gasteiger partial charge in [-0.2, -0.15) is 99.6 Å². The van der Waals surface area contributed by atoms with Gasteiger partial charge in [-0.3, -0.25) is 6.08 Å². The maximum Gasteiger partial charge on any atom is 0.0213 e. The van der Waals surface area contributed by atoms with E-state index < -0.39 is 0 Å². The van der Waals surface area contributed by atoms with Gasteiger partial charge in [0.1, 0.15) is 0 Å². The third-order valence-corrected chi connectivity index (χ3v) is 1.80. The average Bonchev–Trinajstić information content (AvgIpc) is 3.24. The van der Waals surface area contributed by atoms with Crippen molar-refractivity contribution in [2.24, 2.45) is 0 Å². The van der Waals surface area contributed by atoms with E-state index in [1.807, 2.05) is 93.6 Å². The summed E-state index contributed by atoms with van der Waals surface area (Å²) < 4.78 is 0. The zero-order valence-electron chi connectivity index (χ0n) is 20.3. The first kappa shape index (κ1) is 36.2. The number of hydrogen-bond donors (Lipinski definition) is 0. The van der Waals surface area contributed by atoms with Crippen LogP contribution in [0.1, 0.15) is 48.0 Å². The van der Waals surface area contributed by atoms with Gasteiger partial charge in [0, 0.05) is 31.2 Å². The minimum Gasteiger partial charge on any atom is -0.673 e. The fourth-order valence-corrected chi connectivity index (χ4v) is 1.02. The van der Waals surface area contributed by atoms with Gasteiger partial charge >= 0.3 is 0 Å². The minimum atomic E-state index is -0.250. The van der Waals surface area contributed by atoms with Crippen LogP contribution in [0.15, 0.2) is 78.9 Å². The van der Waals surface area contributed by atoms with Crippen molar-refractivity contribution < 1.29 is 21.7 Å². The molecule has 1 radical (unpaired) electrons. The molecule has 0 aliphatic heterocycles. The Bertz CT molecular complexity index is 442. The SMILES string of the molecule is CC(C)(C)[NH-].C[C-](C)C.C[SiH]C.[C-]1=CC=CC1.[Ti].[c-]1ccccc1.[c-]1ccccc1. The molecule has 1 N–H and O–H groups in total. The molecule has 2 aromatic carbocycles. The minimum absolute atomic E-state index is 0. The van der Waals surface area contributed by atoms with Crippen LogP contribution in [0.25, 0.3) is 5.73 Å². The van der Waals surface area contributed by atoms with Crippen LogP contribution < -0.4 is 0 Å². The normalized spacial score (nSPS) is 9.93. The summed E-state index contributed by atoms with van der Waals surface area (Å²) in [4.78, 5) is 0. The zero-order chi connectivity index (χ0) is 22.8. The molecule has 3 heteroatoms. The summed E-state index contributed by atoms with van der Waals surface area (Å²) in [6.45, 7) is 16.2. The fourth-order valence-electron chi connectivity index (χ4n) is 1.02. The second kappa shape index (κ2) is 30.0. The Morgan fingerprint density at radius 2 is 1.10 bits per heavy atom. The van der Waals surface area contributed by atoms with Crippen molar-refractivity contribution in [3.63, 3.8) is 0 Å². The van der Waals surface area contributed by atoms with E-state index in [9.17, 15) is 0 Å². The molecule has 1 aliphatic rings. The molecule has 0 spiro atoms. The van der Waals surface area contributed by atoms with Crippen molar-refractivity contribution >= 4 is 9.52 Å². The van der Waals surface area contributed by atoms with Crippen LogP contribution in [-0.4, -0.2) is 15.1 Å². The van der Waals surface area contributed by atoms with Crippen molar-refractivity contribution in [3.05, 3.63) is 109 Å². The van der Waals surface area contributed by atoms with Gasteiger partial charge in [0.05, 0.1) is 0 Å². The summed E-state index contributed by atoms with van der Waals surface area (Å²) in [6, 6.07) is 25.0. The summed E-state index contributed by atoms with van der Waals surface area (Å²) in [5.74, 6) is 1.42. The van der Waals surface area contributed by atoms with Gasteiger partial charge in [-0.1, -0.05) is 33.9 Å². The first-order valence-electron chi connectivity index (χ1n) is 9.94. The van der Waals surface area contributed by atoms with Crippen LogP contribution in [-0.2, 0) is 21.7 Å².